The fourth-order valence-electron chi connectivity index (χ4n) is 4.29. The highest BCUT2D eigenvalue weighted by Crippen LogP contribution is 2.34. The molecule has 3 heterocycles. The van der Waals surface area contributed by atoms with Gasteiger partial charge in [0.1, 0.15) is 39.9 Å². The van der Waals surface area contributed by atoms with Gasteiger partial charge in [-0.1, -0.05) is 17.3 Å². The Bertz CT molecular complexity index is 1290. The van der Waals surface area contributed by atoms with Crippen molar-refractivity contribution in [3.8, 4) is 28.4 Å². The van der Waals surface area contributed by atoms with Crippen molar-refractivity contribution in [3.05, 3.63) is 41.3 Å². The van der Waals surface area contributed by atoms with Crippen molar-refractivity contribution in [3.63, 3.8) is 0 Å². The van der Waals surface area contributed by atoms with Crippen LogP contribution in [-0.2, 0) is 9.84 Å². The summed E-state index contributed by atoms with van der Waals surface area (Å²) >= 11 is 0. The van der Waals surface area contributed by atoms with Crippen molar-refractivity contribution >= 4 is 15.7 Å². The zero-order chi connectivity index (χ0) is 25.9. The van der Waals surface area contributed by atoms with Crippen molar-refractivity contribution in [2.24, 2.45) is 0 Å². The quantitative estimate of drug-likeness (QED) is 0.390. The lowest BCUT2D eigenvalue weighted by molar-refractivity contribution is 0.108. The highest BCUT2D eigenvalue weighted by molar-refractivity contribution is 7.91. The van der Waals surface area contributed by atoms with Gasteiger partial charge < -0.3 is 25.0 Å². The maximum absolute atomic E-state index is 11.9. The van der Waals surface area contributed by atoms with E-state index in [0.717, 1.165) is 22.4 Å². The molecule has 0 aliphatic carbocycles. The summed E-state index contributed by atoms with van der Waals surface area (Å²) in [4.78, 5) is 9.72. The molecule has 1 aliphatic heterocycles. The van der Waals surface area contributed by atoms with E-state index < -0.39 is 15.9 Å². The summed E-state index contributed by atoms with van der Waals surface area (Å²) in [5.74, 6) is 2.72. The number of aryl methyl sites for hydroxylation is 2. The van der Waals surface area contributed by atoms with E-state index in [1.165, 1.54) is 0 Å². The van der Waals surface area contributed by atoms with E-state index in [0.29, 0.717) is 48.2 Å². The first-order valence-electron chi connectivity index (χ1n) is 12.0. The third-order valence-electron chi connectivity index (χ3n) is 6.29. The van der Waals surface area contributed by atoms with Gasteiger partial charge in [0.2, 0.25) is 0 Å². The normalized spacial score (nSPS) is 16.6. The predicted molar refractivity (Wildman–Crippen MR) is 138 cm³/mol. The van der Waals surface area contributed by atoms with E-state index in [4.69, 9.17) is 19.2 Å². The van der Waals surface area contributed by atoms with Crippen LogP contribution < -0.4 is 15.4 Å². The molecule has 0 amide bonds. The zero-order valence-electron chi connectivity index (χ0n) is 21.0. The molecule has 1 unspecified atom stereocenters. The van der Waals surface area contributed by atoms with Gasteiger partial charge in [-0.25, -0.2) is 18.4 Å². The van der Waals surface area contributed by atoms with Crippen LogP contribution in [0.15, 0.2) is 28.8 Å². The number of rotatable bonds is 9. The number of hydrogen-bond acceptors (Lipinski definition) is 10. The average Bonchev–Trinajstić information content (AvgIpc) is 3.18. The molecule has 0 bridgehead atoms. The van der Waals surface area contributed by atoms with E-state index in [-0.39, 0.29) is 24.2 Å². The number of aliphatic hydroxyl groups excluding tert-OH is 1. The number of nitrogens with zero attached hydrogens (tertiary/aromatic N) is 3. The van der Waals surface area contributed by atoms with Crippen LogP contribution >= 0.6 is 0 Å². The van der Waals surface area contributed by atoms with Gasteiger partial charge in [0, 0.05) is 23.7 Å². The minimum Gasteiger partial charge on any atom is -0.491 e. The standard InChI is InChI=1S/C25H33N5O5S/c1-15-23(22-16(2)30-35-17(22)3)28-25(29-24(15)27-19-8-10-36(32,33)11-9-19)18-6-5-7-21(12-18)34-14-20(31)13-26-4/h5-7,12,19-20,26,31H,8-11,13-14H2,1-4H3,(H,27,28,29). The summed E-state index contributed by atoms with van der Waals surface area (Å²) in [6.45, 7) is 6.24. The number of nitrogens with one attached hydrogen (secondary N) is 2. The Balaban J connectivity index is 1.71. The number of likely N-dealkylation sites (N-methyl/N-ethyl adjacent to an activating group) is 1. The van der Waals surface area contributed by atoms with Crippen LogP contribution in [0.2, 0.25) is 0 Å². The van der Waals surface area contributed by atoms with Crippen LogP contribution in [-0.4, -0.2) is 72.5 Å². The van der Waals surface area contributed by atoms with E-state index >= 15 is 0 Å². The summed E-state index contributed by atoms with van der Waals surface area (Å²) in [6, 6.07) is 7.41. The van der Waals surface area contributed by atoms with Crippen LogP contribution in [0.5, 0.6) is 5.75 Å². The molecule has 11 heteroatoms. The molecule has 3 N–H and O–H groups in total. The van der Waals surface area contributed by atoms with E-state index in [1.54, 1.807) is 7.05 Å². The lowest BCUT2D eigenvalue weighted by Gasteiger charge is -2.25. The van der Waals surface area contributed by atoms with Crippen molar-refractivity contribution < 1.29 is 22.8 Å². The average molecular weight is 516 g/mol. The molecule has 1 aliphatic rings. The minimum absolute atomic E-state index is 0.00387. The number of aromatic nitrogens is 3. The fourth-order valence-corrected chi connectivity index (χ4v) is 5.78. The molecule has 194 valence electrons. The molecule has 1 fully saturated rings. The number of hydrogen-bond donors (Lipinski definition) is 3. The van der Waals surface area contributed by atoms with Gasteiger partial charge in [0.15, 0.2) is 5.82 Å². The molecule has 4 rings (SSSR count). The van der Waals surface area contributed by atoms with E-state index in [1.807, 2.05) is 45.0 Å². The van der Waals surface area contributed by atoms with Crippen LogP contribution in [0.3, 0.4) is 0 Å². The molecule has 0 spiro atoms. The first kappa shape index (κ1) is 26.1. The summed E-state index contributed by atoms with van der Waals surface area (Å²) in [5.41, 5.74) is 3.83. The van der Waals surface area contributed by atoms with Crippen molar-refractivity contribution in [2.75, 3.05) is 37.0 Å². The molecule has 1 atom stereocenters. The zero-order valence-corrected chi connectivity index (χ0v) is 21.9. The molecule has 0 saturated carbocycles. The van der Waals surface area contributed by atoms with Crippen LogP contribution in [0.4, 0.5) is 5.82 Å². The van der Waals surface area contributed by atoms with E-state index in [9.17, 15) is 13.5 Å². The van der Waals surface area contributed by atoms with Gasteiger partial charge >= 0.3 is 0 Å². The van der Waals surface area contributed by atoms with Gasteiger partial charge in [0.25, 0.3) is 0 Å². The number of aliphatic hydroxyl groups is 1. The monoisotopic (exact) mass is 515 g/mol. The lowest BCUT2D eigenvalue weighted by Crippen LogP contribution is -2.32. The summed E-state index contributed by atoms with van der Waals surface area (Å²) < 4.78 is 35.0. The minimum atomic E-state index is -2.97. The second kappa shape index (κ2) is 10.9. The Morgan fingerprint density at radius 2 is 1.94 bits per heavy atom. The predicted octanol–water partition coefficient (Wildman–Crippen LogP) is 2.67. The molecular weight excluding hydrogens is 482 g/mol. The first-order chi connectivity index (χ1) is 17.2. The van der Waals surface area contributed by atoms with Crippen LogP contribution in [0.25, 0.3) is 22.6 Å². The molecular formula is C25H33N5O5S. The molecule has 0 radical (unpaired) electrons. The van der Waals surface area contributed by atoms with Gasteiger partial charge in [-0.2, -0.15) is 0 Å². The Hall–Kier alpha value is -3.02. The third-order valence-corrected chi connectivity index (χ3v) is 8.00. The summed E-state index contributed by atoms with van der Waals surface area (Å²) in [5, 5.41) is 20.5. The van der Waals surface area contributed by atoms with Gasteiger partial charge in [0.05, 0.1) is 28.5 Å². The van der Waals surface area contributed by atoms with Crippen molar-refractivity contribution in [1.82, 2.24) is 20.4 Å². The Morgan fingerprint density at radius 3 is 2.61 bits per heavy atom. The number of anilines is 1. The summed E-state index contributed by atoms with van der Waals surface area (Å²) in [7, 11) is -1.20. The number of sulfone groups is 1. The maximum Gasteiger partial charge on any atom is 0.162 e. The second-order valence-corrected chi connectivity index (χ2v) is 11.5. The SMILES string of the molecule is CNCC(O)COc1cccc(-c2nc(NC3CCS(=O)(=O)CC3)c(C)c(-c3c(C)noc3C)n2)c1. The highest BCUT2D eigenvalue weighted by atomic mass is 32.2. The van der Waals surface area contributed by atoms with Crippen LogP contribution in [0.1, 0.15) is 29.9 Å². The Kier molecular flexibility index (Phi) is 7.91. The Labute approximate surface area is 211 Å². The van der Waals surface area contributed by atoms with Gasteiger partial charge in [-0.05, 0) is 52.8 Å². The third kappa shape index (κ3) is 6.03. The smallest absolute Gasteiger partial charge is 0.162 e. The molecule has 36 heavy (non-hydrogen) atoms. The summed E-state index contributed by atoms with van der Waals surface area (Å²) in [6.07, 6.45) is 0.426. The van der Waals surface area contributed by atoms with E-state index in [2.05, 4.69) is 15.8 Å². The fraction of sp³-hybridized carbons (Fsp3) is 0.480. The maximum atomic E-state index is 11.9. The number of ether oxygens (including phenoxy) is 1. The second-order valence-electron chi connectivity index (χ2n) is 9.19. The Morgan fingerprint density at radius 1 is 1.19 bits per heavy atom. The molecule has 2 aromatic heterocycles. The lowest BCUT2D eigenvalue weighted by atomic mass is 10.0. The first-order valence-corrected chi connectivity index (χ1v) is 13.8. The van der Waals surface area contributed by atoms with Crippen molar-refractivity contribution in [1.29, 1.82) is 0 Å². The van der Waals surface area contributed by atoms with Crippen molar-refractivity contribution in [2.45, 2.75) is 45.8 Å². The topological polar surface area (TPSA) is 139 Å². The molecule has 1 aromatic carbocycles. The molecule has 1 saturated heterocycles. The van der Waals surface area contributed by atoms with Gasteiger partial charge in [-0.15, -0.1) is 0 Å². The van der Waals surface area contributed by atoms with Crippen LogP contribution in [0, 0.1) is 20.8 Å². The number of benzene rings is 1. The largest absolute Gasteiger partial charge is 0.491 e. The molecule has 10 nitrogen and oxygen atoms in total. The molecule has 3 aromatic rings. The highest BCUT2D eigenvalue weighted by Gasteiger charge is 2.26. The van der Waals surface area contributed by atoms with Gasteiger partial charge in [-0.3, -0.25) is 0 Å².